The molecule has 3 N–H and O–H groups in total. The Hall–Kier alpha value is -3.51. The van der Waals surface area contributed by atoms with Crippen LogP contribution in [0.5, 0.6) is 0 Å². The van der Waals surface area contributed by atoms with Crippen LogP contribution in [0.15, 0.2) is 73.1 Å². The van der Waals surface area contributed by atoms with E-state index in [1.807, 2.05) is 48.7 Å². The van der Waals surface area contributed by atoms with Gasteiger partial charge in [0.1, 0.15) is 5.82 Å². The summed E-state index contributed by atoms with van der Waals surface area (Å²) >= 11 is 0. The Balaban J connectivity index is 1.49. The predicted octanol–water partition coefficient (Wildman–Crippen LogP) is 3.98. The fraction of sp³-hybridized carbons (Fsp3) is 0.136. The lowest BCUT2D eigenvalue weighted by molar-refractivity contribution is 0.315. The molecule has 0 fully saturated rings. The highest BCUT2D eigenvalue weighted by Crippen LogP contribution is 2.22. The summed E-state index contributed by atoms with van der Waals surface area (Å²) in [5.41, 5.74) is 9.00. The Labute approximate surface area is 164 Å². The van der Waals surface area contributed by atoms with E-state index in [4.69, 9.17) is 5.73 Å². The van der Waals surface area contributed by atoms with Gasteiger partial charge in [0.2, 0.25) is 5.95 Å². The topological polar surface area (TPSA) is 80.0 Å². The van der Waals surface area contributed by atoms with Crippen molar-refractivity contribution in [3.05, 3.63) is 84.3 Å². The summed E-state index contributed by atoms with van der Waals surface area (Å²) in [4.78, 5) is 15.1. The van der Waals surface area contributed by atoms with Crippen LogP contribution in [0.4, 0.5) is 17.5 Å². The van der Waals surface area contributed by atoms with E-state index in [1.165, 1.54) is 5.56 Å². The average Bonchev–Trinajstić information content (AvgIpc) is 2.68. The number of hydrogen-bond donors (Lipinski definition) is 2. The van der Waals surface area contributed by atoms with Gasteiger partial charge < -0.3 is 11.1 Å². The van der Waals surface area contributed by atoms with Crippen LogP contribution < -0.4 is 11.1 Å². The van der Waals surface area contributed by atoms with Gasteiger partial charge in [0.15, 0.2) is 0 Å². The normalized spacial score (nSPS) is 11.1. The van der Waals surface area contributed by atoms with Crippen LogP contribution in [0.25, 0.3) is 10.8 Å². The zero-order chi connectivity index (χ0) is 19.3. The molecule has 0 atom stereocenters. The number of nitrogen functional groups attached to an aromatic ring is 1. The third kappa shape index (κ3) is 4.42. The molecule has 0 amide bonds. The van der Waals surface area contributed by atoms with Crippen LogP contribution in [0.3, 0.4) is 0 Å². The molecular weight excluding hydrogens is 348 g/mol. The number of rotatable bonds is 6. The fourth-order valence-electron chi connectivity index (χ4n) is 3.20. The Morgan fingerprint density at radius 2 is 1.79 bits per heavy atom. The number of hydrogen-bond acceptors (Lipinski definition) is 6. The first-order valence-corrected chi connectivity index (χ1v) is 9.12. The predicted molar refractivity (Wildman–Crippen MR) is 113 cm³/mol. The highest BCUT2D eigenvalue weighted by atomic mass is 15.1. The number of benzene rings is 2. The van der Waals surface area contributed by atoms with Crippen LogP contribution in [-0.2, 0) is 13.1 Å². The molecule has 2 aromatic heterocycles. The zero-order valence-corrected chi connectivity index (χ0v) is 15.7. The SMILES string of the molecule is CN(Cc1ccccc1)Cc1cc(Nc2ccc3ccncc3c2)nc(N)n1. The zero-order valence-electron chi connectivity index (χ0n) is 15.7. The molecule has 0 aliphatic carbocycles. The van der Waals surface area contributed by atoms with E-state index in [1.54, 1.807) is 6.20 Å². The largest absolute Gasteiger partial charge is 0.368 e. The van der Waals surface area contributed by atoms with Gasteiger partial charge in [0, 0.05) is 42.6 Å². The van der Waals surface area contributed by atoms with Crippen molar-refractivity contribution in [2.75, 3.05) is 18.1 Å². The lowest BCUT2D eigenvalue weighted by Gasteiger charge is -2.17. The maximum absolute atomic E-state index is 5.94. The second-order valence-corrected chi connectivity index (χ2v) is 6.82. The van der Waals surface area contributed by atoms with Crippen molar-refractivity contribution >= 4 is 28.2 Å². The van der Waals surface area contributed by atoms with E-state index in [0.29, 0.717) is 12.4 Å². The molecule has 0 saturated heterocycles. The lowest BCUT2D eigenvalue weighted by atomic mass is 10.1. The third-order valence-electron chi connectivity index (χ3n) is 4.44. The fourth-order valence-corrected chi connectivity index (χ4v) is 3.20. The maximum atomic E-state index is 5.94. The van der Waals surface area contributed by atoms with Gasteiger partial charge in [-0.15, -0.1) is 0 Å². The molecule has 0 spiro atoms. The second-order valence-electron chi connectivity index (χ2n) is 6.82. The monoisotopic (exact) mass is 370 g/mol. The summed E-state index contributed by atoms with van der Waals surface area (Å²) in [6.07, 6.45) is 3.64. The molecule has 2 aromatic carbocycles. The molecule has 2 heterocycles. The van der Waals surface area contributed by atoms with E-state index in [2.05, 4.69) is 50.4 Å². The van der Waals surface area contributed by atoms with Crippen LogP contribution >= 0.6 is 0 Å². The van der Waals surface area contributed by atoms with Crippen molar-refractivity contribution in [3.63, 3.8) is 0 Å². The van der Waals surface area contributed by atoms with E-state index >= 15 is 0 Å². The van der Waals surface area contributed by atoms with Gasteiger partial charge in [-0.1, -0.05) is 36.4 Å². The van der Waals surface area contributed by atoms with Crippen molar-refractivity contribution in [2.45, 2.75) is 13.1 Å². The van der Waals surface area contributed by atoms with Crippen molar-refractivity contribution in [2.24, 2.45) is 0 Å². The standard InChI is InChI=1S/C22H22N6/c1-28(14-16-5-3-2-4-6-16)15-20-12-21(27-22(23)26-20)25-19-8-7-17-9-10-24-13-18(17)11-19/h2-13H,14-15H2,1H3,(H3,23,25,26,27). The van der Waals surface area contributed by atoms with Crippen LogP contribution in [0.2, 0.25) is 0 Å². The number of anilines is 3. The Kier molecular flexibility index (Phi) is 5.12. The number of nitrogens with one attached hydrogen (secondary N) is 1. The molecule has 6 heteroatoms. The summed E-state index contributed by atoms with van der Waals surface area (Å²) in [5.74, 6) is 0.939. The Morgan fingerprint density at radius 1 is 0.929 bits per heavy atom. The van der Waals surface area contributed by atoms with Crippen molar-refractivity contribution in [1.29, 1.82) is 0 Å². The van der Waals surface area contributed by atoms with E-state index in [-0.39, 0.29) is 5.95 Å². The second kappa shape index (κ2) is 8.02. The number of fused-ring (bicyclic) bond motifs is 1. The average molecular weight is 370 g/mol. The third-order valence-corrected chi connectivity index (χ3v) is 4.44. The number of aromatic nitrogens is 3. The molecule has 28 heavy (non-hydrogen) atoms. The first-order valence-electron chi connectivity index (χ1n) is 9.12. The van der Waals surface area contributed by atoms with Crippen molar-refractivity contribution < 1.29 is 0 Å². The van der Waals surface area contributed by atoms with Gasteiger partial charge in [-0.05, 0) is 36.2 Å². The van der Waals surface area contributed by atoms with Gasteiger partial charge in [-0.2, -0.15) is 4.98 Å². The van der Waals surface area contributed by atoms with Gasteiger partial charge in [0.25, 0.3) is 0 Å². The summed E-state index contributed by atoms with van der Waals surface area (Å²) in [5, 5.41) is 5.53. The van der Waals surface area contributed by atoms with E-state index in [9.17, 15) is 0 Å². The van der Waals surface area contributed by atoms with E-state index in [0.717, 1.165) is 28.7 Å². The minimum atomic E-state index is 0.260. The van der Waals surface area contributed by atoms with Gasteiger partial charge >= 0.3 is 0 Å². The number of nitrogens with zero attached hydrogens (tertiary/aromatic N) is 4. The first-order chi connectivity index (χ1) is 13.7. The Morgan fingerprint density at radius 3 is 2.64 bits per heavy atom. The molecule has 4 aromatic rings. The number of pyridine rings is 1. The molecule has 0 radical (unpaired) electrons. The van der Waals surface area contributed by atoms with Gasteiger partial charge in [-0.25, -0.2) is 4.98 Å². The minimum Gasteiger partial charge on any atom is -0.368 e. The maximum Gasteiger partial charge on any atom is 0.222 e. The van der Waals surface area contributed by atoms with Crippen molar-refractivity contribution in [1.82, 2.24) is 19.9 Å². The molecular formula is C22H22N6. The van der Waals surface area contributed by atoms with Gasteiger partial charge in [0.05, 0.1) is 5.69 Å². The molecule has 4 rings (SSSR count). The van der Waals surface area contributed by atoms with Gasteiger partial charge in [-0.3, -0.25) is 9.88 Å². The summed E-state index contributed by atoms with van der Waals surface area (Å²) in [6, 6.07) is 20.4. The lowest BCUT2D eigenvalue weighted by Crippen LogP contribution is -2.18. The highest BCUT2D eigenvalue weighted by Gasteiger charge is 2.07. The summed E-state index contributed by atoms with van der Waals surface area (Å²) in [7, 11) is 2.06. The van der Waals surface area contributed by atoms with Crippen LogP contribution in [0, 0.1) is 0 Å². The number of nitrogens with two attached hydrogens (primary N) is 1. The molecule has 0 bridgehead atoms. The van der Waals surface area contributed by atoms with Crippen LogP contribution in [-0.4, -0.2) is 26.9 Å². The highest BCUT2D eigenvalue weighted by molar-refractivity contribution is 5.85. The molecule has 0 unspecified atom stereocenters. The van der Waals surface area contributed by atoms with Crippen LogP contribution in [0.1, 0.15) is 11.3 Å². The quantitative estimate of drug-likeness (QED) is 0.534. The Bertz CT molecular complexity index is 1080. The summed E-state index contributed by atoms with van der Waals surface area (Å²) < 4.78 is 0. The first kappa shape index (κ1) is 17.9. The molecule has 0 aliphatic heterocycles. The molecule has 140 valence electrons. The molecule has 6 nitrogen and oxygen atoms in total. The van der Waals surface area contributed by atoms with E-state index < -0.39 is 0 Å². The van der Waals surface area contributed by atoms with Crippen molar-refractivity contribution in [3.8, 4) is 0 Å². The molecule has 0 saturated carbocycles. The smallest absolute Gasteiger partial charge is 0.222 e. The minimum absolute atomic E-state index is 0.260. The summed E-state index contributed by atoms with van der Waals surface area (Å²) in [6.45, 7) is 1.52. The molecule has 0 aliphatic rings.